The molecule has 0 saturated heterocycles. The largest absolute Gasteiger partial charge is 0.310 e. The van der Waals surface area contributed by atoms with Gasteiger partial charge in [-0.1, -0.05) is 249 Å². The molecule has 0 saturated carbocycles. The van der Waals surface area contributed by atoms with E-state index < -0.39 is 10.8 Å². The van der Waals surface area contributed by atoms with Crippen molar-refractivity contribution in [1.82, 2.24) is 0 Å². The highest BCUT2D eigenvalue weighted by atomic mass is 15.1. The molecule has 1 nitrogen and oxygen atoms in total. The summed E-state index contributed by atoms with van der Waals surface area (Å²) in [5.74, 6) is 0. The molecule has 11 aromatic carbocycles. The lowest BCUT2D eigenvalue weighted by Gasteiger charge is -2.49. The minimum Gasteiger partial charge on any atom is -0.310 e. The number of benzene rings is 11. The van der Waals surface area contributed by atoms with Crippen LogP contribution >= 0.6 is 0 Å². The molecule has 0 heterocycles. The first-order valence-corrected chi connectivity index (χ1v) is 24.0. The predicted molar refractivity (Wildman–Crippen MR) is 287 cm³/mol. The highest BCUT2D eigenvalue weighted by Gasteiger charge is 2.57. The molecule has 0 amide bonds. The normalized spacial score (nSPS) is 16.2. The van der Waals surface area contributed by atoms with Gasteiger partial charge in [0.05, 0.1) is 16.5 Å². The van der Waals surface area contributed by atoms with Crippen LogP contribution in [0.3, 0.4) is 0 Å². The molecule has 0 bridgehead atoms. The summed E-state index contributed by atoms with van der Waals surface area (Å²) >= 11 is 0. The standard InChI is InChI=1S/C68H47N/c1-5-21-48(22-6-1)49-39-43-56(44-40-49)69(65-38-18-14-31-58(65)51-23-7-2-8-24-51)57-45-41-50(42-46-57)52-25-19-30-55(47-52)67(53-26-9-3-10-27-53)62-35-16-17-36-63(62)68(54-28-11-4-12-29-54)61-34-15-13-32-59(61)60-33-20-37-64(67)66(60)68/h1-47H. The lowest BCUT2D eigenvalue weighted by atomic mass is 9.51. The number of anilines is 3. The molecular weight excluding hydrogens is 831 g/mol. The van der Waals surface area contributed by atoms with Crippen LogP contribution in [0.25, 0.3) is 44.5 Å². The molecule has 2 aliphatic rings. The van der Waals surface area contributed by atoms with Gasteiger partial charge in [-0.3, -0.25) is 0 Å². The van der Waals surface area contributed by atoms with Crippen LogP contribution in [-0.2, 0) is 10.8 Å². The monoisotopic (exact) mass is 877 g/mol. The van der Waals surface area contributed by atoms with E-state index in [0.29, 0.717) is 0 Å². The summed E-state index contributed by atoms with van der Waals surface area (Å²) in [6, 6.07) is 105. The lowest BCUT2D eigenvalue weighted by Crippen LogP contribution is -2.44. The minimum atomic E-state index is -0.622. The predicted octanol–water partition coefficient (Wildman–Crippen LogP) is 17.2. The maximum atomic E-state index is 2.46. The average Bonchev–Trinajstić information content (AvgIpc) is 3.75. The van der Waals surface area contributed by atoms with E-state index in [9.17, 15) is 0 Å². The summed E-state index contributed by atoms with van der Waals surface area (Å²) < 4.78 is 0. The van der Waals surface area contributed by atoms with Gasteiger partial charge >= 0.3 is 0 Å². The maximum Gasteiger partial charge on any atom is 0.0720 e. The second-order valence-corrected chi connectivity index (χ2v) is 18.3. The second kappa shape index (κ2) is 16.5. The van der Waals surface area contributed by atoms with Crippen molar-refractivity contribution < 1.29 is 0 Å². The zero-order valence-corrected chi connectivity index (χ0v) is 38.1. The first kappa shape index (κ1) is 40.5. The average molecular weight is 878 g/mol. The minimum absolute atomic E-state index is 0.487. The van der Waals surface area contributed by atoms with E-state index in [4.69, 9.17) is 0 Å². The molecule has 11 aromatic rings. The van der Waals surface area contributed by atoms with Crippen molar-refractivity contribution in [3.8, 4) is 44.5 Å². The van der Waals surface area contributed by atoms with E-state index >= 15 is 0 Å². The highest BCUT2D eigenvalue weighted by molar-refractivity contribution is 5.93. The van der Waals surface area contributed by atoms with Crippen LogP contribution in [-0.4, -0.2) is 0 Å². The zero-order chi connectivity index (χ0) is 45.8. The number of fused-ring (bicyclic) bond motifs is 5. The number of hydrogen-bond donors (Lipinski definition) is 0. The van der Waals surface area contributed by atoms with Crippen molar-refractivity contribution in [2.24, 2.45) is 0 Å². The third-order valence-electron chi connectivity index (χ3n) is 14.8. The van der Waals surface area contributed by atoms with Gasteiger partial charge in [0.15, 0.2) is 0 Å². The van der Waals surface area contributed by atoms with E-state index in [1.54, 1.807) is 0 Å². The smallest absolute Gasteiger partial charge is 0.0720 e. The molecular formula is C68H47N. The van der Waals surface area contributed by atoms with E-state index in [-0.39, 0.29) is 0 Å². The molecule has 0 N–H and O–H groups in total. The van der Waals surface area contributed by atoms with Crippen LogP contribution in [0.2, 0.25) is 0 Å². The molecule has 2 unspecified atom stereocenters. The fourth-order valence-electron chi connectivity index (χ4n) is 12.0. The number of hydrogen-bond acceptors (Lipinski definition) is 1. The summed E-state index contributed by atoms with van der Waals surface area (Å²) in [5, 5.41) is 0. The van der Waals surface area contributed by atoms with Crippen molar-refractivity contribution in [3.63, 3.8) is 0 Å². The molecule has 13 rings (SSSR count). The number of para-hydroxylation sites is 1. The Hall–Kier alpha value is -8.78. The van der Waals surface area contributed by atoms with Gasteiger partial charge in [0.1, 0.15) is 0 Å². The van der Waals surface area contributed by atoms with Crippen molar-refractivity contribution in [2.45, 2.75) is 10.8 Å². The lowest BCUT2D eigenvalue weighted by molar-refractivity contribution is 0.627. The third-order valence-corrected chi connectivity index (χ3v) is 14.8. The van der Waals surface area contributed by atoms with Gasteiger partial charge in [0, 0.05) is 16.9 Å². The summed E-state index contributed by atoms with van der Waals surface area (Å²) in [4.78, 5) is 2.40. The van der Waals surface area contributed by atoms with Gasteiger partial charge in [0.25, 0.3) is 0 Å². The molecule has 2 atom stereocenters. The number of rotatable bonds is 9. The quantitative estimate of drug-likeness (QED) is 0.140. The molecule has 2 aliphatic carbocycles. The van der Waals surface area contributed by atoms with Crippen molar-refractivity contribution in [3.05, 3.63) is 330 Å². The highest BCUT2D eigenvalue weighted by Crippen LogP contribution is 2.65. The molecule has 0 radical (unpaired) electrons. The molecule has 324 valence electrons. The molecule has 69 heavy (non-hydrogen) atoms. The van der Waals surface area contributed by atoms with Crippen LogP contribution in [0.15, 0.2) is 285 Å². The van der Waals surface area contributed by atoms with Gasteiger partial charge in [-0.2, -0.15) is 0 Å². The van der Waals surface area contributed by atoms with Gasteiger partial charge in [-0.25, -0.2) is 0 Å². The topological polar surface area (TPSA) is 3.24 Å². The van der Waals surface area contributed by atoms with Crippen LogP contribution in [0.5, 0.6) is 0 Å². The van der Waals surface area contributed by atoms with Crippen LogP contribution in [0, 0.1) is 0 Å². The Morgan fingerprint density at radius 2 is 0.638 bits per heavy atom. The summed E-state index contributed by atoms with van der Waals surface area (Å²) in [7, 11) is 0. The Kier molecular flexibility index (Phi) is 9.70. The molecule has 0 fully saturated rings. The third kappa shape index (κ3) is 6.24. The van der Waals surface area contributed by atoms with Gasteiger partial charge in [-0.05, 0) is 120 Å². The SMILES string of the molecule is c1ccc(-c2ccc(N(c3ccc(-c4cccc(C5(c6ccccc6)c6ccccc6C6(c7ccccc7)c7ccccc7-c7cccc5c76)c4)cc3)c3ccccc3-c3ccccc3)cc2)cc1. The zero-order valence-electron chi connectivity index (χ0n) is 38.1. The Labute approximate surface area is 404 Å². The first-order valence-electron chi connectivity index (χ1n) is 24.0. The van der Waals surface area contributed by atoms with E-state index in [1.807, 2.05) is 0 Å². The Morgan fingerprint density at radius 3 is 1.28 bits per heavy atom. The summed E-state index contributed by atoms with van der Waals surface area (Å²) in [5.41, 5.74) is 22.3. The van der Waals surface area contributed by atoms with E-state index in [1.165, 1.54) is 83.5 Å². The molecule has 1 heteroatoms. The molecule has 0 aliphatic heterocycles. The summed E-state index contributed by atoms with van der Waals surface area (Å²) in [6.45, 7) is 0. The van der Waals surface area contributed by atoms with Crippen LogP contribution in [0.1, 0.15) is 44.5 Å². The van der Waals surface area contributed by atoms with Crippen LogP contribution in [0.4, 0.5) is 17.1 Å². The molecule has 0 spiro atoms. The Bertz CT molecular complexity index is 3640. The molecule has 0 aromatic heterocycles. The Balaban J connectivity index is 0.983. The first-order chi connectivity index (χ1) is 34.2. The second-order valence-electron chi connectivity index (χ2n) is 18.3. The van der Waals surface area contributed by atoms with Gasteiger partial charge < -0.3 is 4.90 Å². The van der Waals surface area contributed by atoms with Crippen molar-refractivity contribution >= 4 is 17.1 Å². The fraction of sp³-hybridized carbons (Fsp3) is 0.0294. The Morgan fingerprint density at radius 1 is 0.232 bits per heavy atom. The van der Waals surface area contributed by atoms with Crippen molar-refractivity contribution in [1.29, 1.82) is 0 Å². The fourth-order valence-corrected chi connectivity index (χ4v) is 12.0. The van der Waals surface area contributed by atoms with Gasteiger partial charge in [-0.15, -0.1) is 0 Å². The number of nitrogens with zero attached hydrogens (tertiary/aromatic N) is 1. The van der Waals surface area contributed by atoms with E-state index in [2.05, 4.69) is 290 Å². The van der Waals surface area contributed by atoms with Crippen molar-refractivity contribution in [2.75, 3.05) is 4.90 Å². The summed E-state index contributed by atoms with van der Waals surface area (Å²) in [6.07, 6.45) is 0. The maximum absolute atomic E-state index is 2.46. The van der Waals surface area contributed by atoms with E-state index in [0.717, 1.165) is 22.6 Å². The van der Waals surface area contributed by atoms with Crippen LogP contribution < -0.4 is 4.90 Å². The van der Waals surface area contributed by atoms with Gasteiger partial charge in [0.2, 0.25) is 0 Å².